The van der Waals surface area contributed by atoms with Crippen LogP contribution in [0.25, 0.3) is 0 Å². The van der Waals surface area contributed by atoms with Crippen LogP contribution < -0.4 is 10.1 Å². The van der Waals surface area contributed by atoms with Gasteiger partial charge in [-0.3, -0.25) is 4.79 Å². The number of para-hydroxylation sites is 1. The van der Waals surface area contributed by atoms with Gasteiger partial charge in [-0.2, -0.15) is 0 Å². The van der Waals surface area contributed by atoms with Crippen molar-refractivity contribution in [1.82, 2.24) is 5.32 Å². The first-order valence-electron chi connectivity index (χ1n) is 7.96. The van der Waals surface area contributed by atoms with Crippen LogP contribution in [0.3, 0.4) is 0 Å². The third-order valence-electron chi connectivity index (χ3n) is 3.59. The van der Waals surface area contributed by atoms with Crippen molar-refractivity contribution in [1.29, 1.82) is 0 Å². The van der Waals surface area contributed by atoms with Gasteiger partial charge in [0.05, 0.1) is 17.1 Å². The fourth-order valence-corrected chi connectivity index (χ4v) is 2.40. The molecule has 132 valence electrons. The molecular formula is C19H20ClNO4. The SMILES string of the molecule is CC(CNC(=O)CCc1ccc(C(=O)O)cc1)Oc1ccccc1Cl. The number of carbonyl (C=O) groups excluding carboxylic acids is 1. The highest BCUT2D eigenvalue weighted by Gasteiger charge is 2.09. The van der Waals surface area contributed by atoms with Gasteiger partial charge in [-0.1, -0.05) is 35.9 Å². The van der Waals surface area contributed by atoms with E-state index in [9.17, 15) is 9.59 Å². The number of hydrogen-bond donors (Lipinski definition) is 2. The lowest BCUT2D eigenvalue weighted by Gasteiger charge is -2.16. The van der Waals surface area contributed by atoms with Crippen LogP contribution in [-0.4, -0.2) is 29.6 Å². The number of carbonyl (C=O) groups is 2. The molecule has 2 aromatic rings. The lowest BCUT2D eigenvalue weighted by Crippen LogP contribution is -2.33. The first-order valence-corrected chi connectivity index (χ1v) is 8.33. The summed E-state index contributed by atoms with van der Waals surface area (Å²) in [6, 6.07) is 13.7. The number of aryl methyl sites for hydroxylation is 1. The van der Waals surface area contributed by atoms with Gasteiger partial charge in [-0.25, -0.2) is 4.79 Å². The Kier molecular flexibility index (Phi) is 6.83. The molecule has 0 aliphatic rings. The third kappa shape index (κ3) is 6.12. The molecule has 5 nitrogen and oxygen atoms in total. The summed E-state index contributed by atoms with van der Waals surface area (Å²) in [5, 5.41) is 12.2. The minimum Gasteiger partial charge on any atom is -0.487 e. The van der Waals surface area contributed by atoms with E-state index in [4.69, 9.17) is 21.4 Å². The van der Waals surface area contributed by atoms with E-state index in [1.807, 2.05) is 19.1 Å². The molecule has 2 N–H and O–H groups in total. The third-order valence-corrected chi connectivity index (χ3v) is 3.91. The normalized spacial score (nSPS) is 11.6. The maximum atomic E-state index is 11.9. The van der Waals surface area contributed by atoms with Crippen molar-refractivity contribution in [3.8, 4) is 5.75 Å². The Balaban J connectivity index is 1.73. The molecule has 2 aromatic carbocycles. The van der Waals surface area contributed by atoms with Gasteiger partial charge in [-0.15, -0.1) is 0 Å². The molecule has 25 heavy (non-hydrogen) atoms. The number of ether oxygens (including phenoxy) is 1. The number of aromatic carboxylic acids is 1. The highest BCUT2D eigenvalue weighted by molar-refractivity contribution is 6.32. The molecule has 1 amide bonds. The first kappa shape index (κ1) is 18.8. The van der Waals surface area contributed by atoms with Crippen molar-refractivity contribution in [2.45, 2.75) is 25.9 Å². The summed E-state index contributed by atoms with van der Waals surface area (Å²) >= 11 is 6.03. The van der Waals surface area contributed by atoms with E-state index in [-0.39, 0.29) is 17.6 Å². The fourth-order valence-electron chi connectivity index (χ4n) is 2.22. The van der Waals surface area contributed by atoms with Crippen LogP contribution in [0, 0.1) is 0 Å². The van der Waals surface area contributed by atoms with E-state index < -0.39 is 5.97 Å². The molecule has 1 atom stereocenters. The molecule has 2 rings (SSSR count). The van der Waals surface area contributed by atoms with Crippen LogP contribution in [-0.2, 0) is 11.2 Å². The Labute approximate surface area is 151 Å². The van der Waals surface area contributed by atoms with Crippen LogP contribution in [0.4, 0.5) is 0 Å². The minimum atomic E-state index is -0.961. The van der Waals surface area contributed by atoms with E-state index in [2.05, 4.69) is 5.32 Å². The second-order valence-electron chi connectivity index (χ2n) is 5.67. The number of nitrogens with one attached hydrogen (secondary N) is 1. The van der Waals surface area contributed by atoms with Crippen molar-refractivity contribution >= 4 is 23.5 Å². The summed E-state index contributed by atoms with van der Waals surface area (Å²) in [6.07, 6.45) is 0.662. The molecule has 0 aliphatic carbocycles. The molecule has 0 radical (unpaired) electrons. The van der Waals surface area contributed by atoms with Crippen LogP contribution in [0.15, 0.2) is 48.5 Å². The molecule has 0 spiro atoms. The van der Waals surface area contributed by atoms with Crippen LogP contribution in [0.5, 0.6) is 5.75 Å². The lowest BCUT2D eigenvalue weighted by atomic mass is 10.1. The molecule has 0 saturated heterocycles. The zero-order valence-corrected chi connectivity index (χ0v) is 14.6. The van der Waals surface area contributed by atoms with Crippen molar-refractivity contribution in [3.63, 3.8) is 0 Å². The molecule has 0 fully saturated rings. The Morgan fingerprint density at radius 1 is 1.16 bits per heavy atom. The van der Waals surface area contributed by atoms with E-state index in [0.717, 1.165) is 5.56 Å². The average Bonchev–Trinajstić information content (AvgIpc) is 2.60. The quantitative estimate of drug-likeness (QED) is 0.753. The number of halogens is 1. The van der Waals surface area contributed by atoms with Gasteiger partial charge < -0.3 is 15.2 Å². The van der Waals surface area contributed by atoms with Gasteiger partial charge in [0.25, 0.3) is 0 Å². The van der Waals surface area contributed by atoms with E-state index in [0.29, 0.717) is 30.2 Å². The van der Waals surface area contributed by atoms with E-state index in [1.165, 1.54) is 12.1 Å². The van der Waals surface area contributed by atoms with Crippen molar-refractivity contribution in [2.24, 2.45) is 0 Å². The van der Waals surface area contributed by atoms with Gasteiger partial charge in [0, 0.05) is 6.42 Å². The zero-order valence-electron chi connectivity index (χ0n) is 13.9. The Morgan fingerprint density at radius 3 is 2.48 bits per heavy atom. The van der Waals surface area contributed by atoms with E-state index >= 15 is 0 Å². The molecule has 0 saturated carbocycles. The molecule has 0 bridgehead atoms. The molecule has 0 aliphatic heterocycles. The van der Waals surface area contributed by atoms with Gasteiger partial charge in [0.2, 0.25) is 5.91 Å². The maximum Gasteiger partial charge on any atom is 0.335 e. The Hall–Kier alpha value is -2.53. The van der Waals surface area contributed by atoms with Crippen molar-refractivity contribution in [2.75, 3.05) is 6.54 Å². The Morgan fingerprint density at radius 2 is 1.84 bits per heavy atom. The summed E-state index contributed by atoms with van der Waals surface area (Å²) in [5.74, 6) is -0.460. The van der Waals surface area contributed by atoms with Crippen molar-refractivity contribution in [3.05, 3.63) is 64.7 Å². The number of carboxylic acids is 1. The van der Waals surface area contributed by atoms with Crippen LogP contribution in [0.2, 0.25) is 5.02 Å². The molecular weight excluding hydrogens is 342 g/mol. The summed E-state index contributed by atoms with van der Waals surface area (Å²) in [4.78, 5) is 22.7. The topological polar surface area (TPSA) is 75.6 Å². The molecule has 0 heterocycles. The van der Waals surface area contributed by atoms with E-state index in [1.54, 1.807) is 24.3 Å². The number of carboxylic acid groups (broad SMARTS) is 1. The average molecular weight is 362 g/mol. The summed E-state index contributed by atoms with van der Waals surface area (Å²) in [5.41, 5.74) is 1.15. The predicted octanol–water partition coefficient (Wildman–Crippen LogP) is 3.55. The second kappa shape index (κ2) is 9.08. The van der Waals surface area contributed by atoms with Gasteiger partial charge in [0.1, 0.15) is 11.9 Å². The molecule has 0 aromatic heterocycles. The highest BCUT2D eigenvalue weighted by Crippen LogP contribution is 2.24. The second-order valence-corrected chi connectivity index (χ2v) is 6.07. The summed E-state index contributed by atoms with van der Waals surface area (Å²) in [6.45, 7) is 2.23. The Bertz CT molecular complexity index is 730. The maximum absolute atomic E-state index is 11.9. The number of amides is 1. The molecule has 1 unspecified atom stereocenters. The zero-order chi connectivity index (χ0) is 18.2. The van der Waals surface area contributed by atoms with Crippen LogP contribution in [0.1, 0.15) is 29.3 Å². The fraction of sp³-hybridized carbons (Fsp3) is 0.263. The monoisotopic (exact) mass is 361 g/mol. The predicted molar refractivity (Wildman–Crippen MR) is 96.3 cm³/mol. The smallest absolute Gasteiger partial charge is 0.335 e. The largest absolute Gasteiger partial charge is 0.487 e. The molecule has 6 heteroatoms. The lowest BCUT2D eigenvalue weighted by molar-refractivity contribution is -0.121. The number of benzene rings is 2. The highest BCUT2D eigenvalue weighted by atomic mass is 35.5. The standard InChI is InChI=1S/C19H20ClNO4/c1-13(25-17-5-3-2-4-16(17)20)12-21-18(22)11-8-14-6-9-15(10-7-14)19(23)24/h2-7,9-10,13H,8,11-12H2,1H3,(H,21,22)(H,23,24). The van der Waals surface area contributed by atoms with Crippen LogP contribution >= 0.6 is 11.6 Å². The minimum absolute atomic E-state index is 0.0862. The first-order chi connectivity index (χ1) is 12.0. The van der Waals surface area contributed by atoms with Gasteiger partial charge in [0.15, 0.2) is 0 Å². The summed E-state index contributed by atoms with van der Waals surface area (Å²) in [7, 11) is 0. The van der Waals surface area contributed by atoms with Gasteiger partial charge in [-0.05, 0) is 43.2 Å². The van der Waals surface area contributed by atoms with Crippen molar-refractivity contribution < 1.29 is 19.4 Å². The number of hydrogen-bond acceptors (Lipinski definition) is 3. The number of rotatable bonds is 8. The van der Waals surface area contributed by atoms with Gasteiger partial charge >= 0.3 is 5.97 Å². The summed E-state index contributed by atoms with van der Waals surface area (Å²) < 4.78 is 5.69.